The molecule has 2 aromatic rings. The first-order chi connectivity index (χ1) is 10.5. The van der Waals surface area contributed by atoms with Crippen LogP contribution in [0.2, 0.25) is 0 Å². The lowest BCUT2D eigenvalue weighted by atomic mass is 10.3. The van der Waals surface area contributed by atoms with Gasteiger partial charge in [-0.1, -0.05) is 5.10 Å². The van der Waals surface area contributed by atoms with Crippen molar-refractivity contribution in [2.75, 3.05) is 11.9 Å². The summed E-state index contributed by atoms with van der Waals surface area (Å²) in [5, 5.41) is 17.5. The molecule has 0 spiro atoms. The summed E-state index contributed by atoms with van der Waals surface area (Å²) in [7, 11) is 0. The van der Waals surface area contributed by atoms with Crippen LogP contribution in [0.25, 0.3) is 0 Å². The van der Waals surface area contributed by atoms with Crippen molar-refractivity contribution in [2.45, 2.75) is 20.4 Å². The van der Waals surface area contributed by atoms with E-state index in [1.807, 2.05) is 6.92 Å². The van der Waals surface area contributed by atoms with Crippen LogP contribution in [0, 0.1) is 17.0 Å². The number of aromatic nitrogens is 2. The quantitative estimate of drug-likeness (QED) is 0.651. The van der Waals surface area contributed by atoms with Crippen molar-refractivity contribution in [1.82, 2.24) is 9.78 Å². The second-order valence-corrected chi connectivity index (χ2v) is 4.56. The van der Waals surface area contributed by atoms with Crippen LogP contribution in [0.15, 0.2) is 30.3 Å². The lowest BCUT2D eigenvalue weighted by molar-refractivity contribution is -0.392. The Labute approximate surface area is 126 Å². The Kier molecular flexibility index (Phi) is 4.72. The maximum absolute atomic E-state index is 12.0. The molecule has 0 atom stereocenters. The summed E-state index contributed by atoms with van der Waals surface area (Å²) in [4.78, 5) is 22.3. The van der Waals surface area contributed by atoms with Crippen LogP contribution in [0.3, 0.4) is 0 Å². The lowest BCUT2D eigenvalue weighted by Gasteiger charge is -2.06. The van der Waals surface area contributed by atoms with E-state index < -0.39 is 10.8 Å². The maximum Gasteiger partial charge on any atom is 0.345 e. The first kappa shape index (κ1) is 15.5. The van der Waals surface area contributed by atoms with Crippen molar-refractivity contribution in [1.29, 1.82) is 0 Å². The number of aryl methyl sites for hydroxylation is 1. The third kappa shape index (κ3) is 3.81. The summed E-state index contributed by atoms with van der Waals surface area (Å²) in [6.45, 7) is 3.86. The average molecular weight is 304 g/mol. The van der Waals surface area contributed by atoms with E-state index in [2.05, 4.69) is 10.4 Å². The van der Waals surface area contributed by atoms with Gasteiger partial charge in [0.1, 0.15) is 5.75 Å². The number of benzene rings is 1. The highest BCUT2D eigenvalue weighted by Gasteiger charge is 2.19. The fourth-order valence-corrected chi connectivity index (χ4v) is 1.93. The highest BCUT2D eigenvalue weighted by Crippen LogP contribution is 2.16. The molecule has 116 valence electrons. The predicted octanol–water partition coefficient (Wildman–Crippen LogP) is 2.14. The van der Waals surface area contributed by atoms with Gasteiger partial charge in [-0.15, -0.1) is 4.68 Å². The van der Waals surface area contributed by atoms with E-state index in [9.17, 15) is 14.9 Å². The molecule has 0 aliphatic rings. The van der Waals surface area contributed by atoms with Crippen LogP contribution >= 0.6 is 0 Å². The molecule has 0 aliphatic heterocycles. The fraction of sp³-hybridized carbons (Fsp3) is 0.286. The molecule has 8 heteroatoms. The zero-order valence-corrected chi connectivity index (χ0v) is 12.3. The zero-order valence-electron chi connectivity index (χ0n) is 12.3. The van der Waals surface area contributed by atoms with Gasteiger partial charge in [0.15, 0.2) is 6.54 Å². The van der Waals surface area contributed by atoms with Gasteiger partial charge in [0, 0.05) is 5.69 Å². The molecule has 22 heavy (non-hydrogen) atoms. The number of anilines is 1. The number of hydrogen-bond donors (Lipinski definition) is 1. The maximum atomic E-state index is 12.0. The second kappa shape index (κ2) is 6.70. The van der Waals surface area contributed by atoms with Gasteiger partial charge < -0.3 is 20.2 Å². The SMILES string of the molecule is CCOc1ccc(NC(=O)Cn2nc(C)cc2[N+](=O)[O-])cc1. The Morgan fingerprint density at radius 1 is 1.41 bits per heavy atom. The first-order valence-electron chi connectivity index (χ1n) is 6.71. The van der Waals surface area contributed by atoms with E-state index in [-0.39, 0.29) is 12.4 Å². The molecule has 0 aliphatic carbocycles. The molecule has 1 N–H and O–H groups in total. The van der Waals surface area contributed by atoms with Gasteiger partial charge in [-0.3, -0.25) is 4.79 Å². The summed E-state index contributed by atoms with van der Waals surface area (Å²) < 4.78 is 6.37. The van der Waals surface area contributed by atoms with Crippen LogP contribution < -0.4 is 10.1 Å². The van der Waals surface area contributed by atoms with Gasteiger partial charge in [-0.2, -0.15) is 0 Å². The predicted molar refractivity (Wildman–Crippen MR) is 79.9 cm³/mol. The number of carbonyl (C=O) groups is 1. The van der Waals surface area contributed by atoms with Crippen LogP contribution in [-0.2, 0) is 11.3 Å². The number of ether oxygens (including phenoxy) is 1. The zero-order chi connectivity index (χ0) is 16.1. The summed E-state index contributed by atoms with van der Waals surface area (Å²) in [5.74, 6) is 0.105. The Hall–Kier alpha value is -2.90. The highest BCUT2D eigenvalue weighted by atomic mass is 16.6. The van der Waals surface area contributed by atoms with Crippen molar-refractivity contribution in [2.24, 2.45) is 0 Å². The van der Waals surface area contributed by atoms with Crippen molar-refractivity contribution in [3.05, 3.63) is 46.1 Å². The topological polar surface area (TPSA) is 99.3 Å². The lowest BCUT2D eigenvalue weighted by Crippen LogP contribution is -2.20. The summed E-state index contributed by atoms with van der Waals surface area (Å²) in [6, 6.07) is 8.20. The monoisotopic (exact) mass is 304 g/mol. The third-order valence-corrected chi connectivity index (χ3v) is 2.81. The molecule has 1 aromatic heterocycles. The third-order valence-electron chi connectivity index (χ3n) is 2.81. The molecule has 2 rings (SSSR count). The minimum atomic E-state index is -0.565. The number of rotatable bonds is 6. The van der Waals surface area contributed by atoms with Gasteiger partial charge in [-0.25, -0.2) is 0 Å². The number of nitro groups is 1. The van der Waals surface area contributed by atoms with E-state index in [0.717, 1.165) is 4.68 Å². The van der Waals surface area contributed by atoms with Crippen LogP contribution in [0.1, 0.15) is 12.6 Å². The molecular weight excluding hydrogens is 288 g/mol. The summed E-state index contributed by atoms with van der Waals surface area (Å²) in [6.07, 6.45) is 0. The van der Waals surface area contributed by atoms with E-state index in [1.54, 1.807) is 31.2 Å². The van der Waals surface area contributed by atoms with Crippen LogP contribution in [-0.4, -0.2) is 27.2 Å². The van der Waals surface area contributed by atoms with Crippen molar-refractivity contribution in [3.8, 4) is 5.75 Å². The smallest absolute Gasteiger partial charge is 0.345 e. The standard InChI is InChI=1S/C14H16N4O4/c1-3-22-12-6-4-11(5-7-12)15-13(19)9-17-14(18(20)21)8-10(2)16-17/h4-8H,3,9H2,1-2H3,(H,15,19). The highest BCUT2D eigenvalue weighted by molar-refractivity contribution is 5.90. The molecule has 8 nitrogen and oxygen atoms in total. The molecule has 0 bridgehead atoms. The molecule has 1 aromatic carbocycles. The van der Waals surface area contributed by atoms with Gasteiger partial charge in [0.25, 0.3) is 5.91 Å². The van der Waals surface area contributed by atoms with Crippen LogP contribution in [0.5, 0.6) is 5.75 Å². The Bertz CT molecular complexity index is 679. The minimum Gasteiger partial charge on any atom is -0.494 e. The van der Waals surface area contributed by atoms with Gasteiger partial charge >= 0.3 is 5.82 Å². The molecule has 0 fully saturated rings. The molecular formula is C14H16N4O4. The number of nitrogens with one attached hydrogen (secondary N) is 1. The Morgan fingerprint density at radius 2 is 2.09 bits per heavy atom. The van der Waals surface area contributed by atoms with Gasteiger partial charge in [0.2, 0.25) is 0 Å². The minimum absolute atomic E-state index is 0.209. The van der Waals surface area contributed by atoms with Crippen molar-refractivity contribution >= 4 is 17.4 Å². The summed E-state index contributed by atoms with van der Waals surface area (Å²) in [5.41, 5.74) is 1.07. The Morgan fingerprint density at radius 3 is 2.68 bits per heavy atom. The molecule has 0 radical (unpaired) electrons. The van der Waals surface area contributed by atoms with Crippen molar-refractivity contribution < 1.29 is 14.5 Å². The molecule has 0 saturated carbocycles. The van der Waals surface area contributed by atoms with Crippen molar-refractivity contribution in [3.63, 3.8) is 0 Å². The van der Waals surface area contributed by atoms with Gasteiger partial charge in [0.05, 0.1) is 18.4 Å². The number of hydrogen-bond acceptors (Lipinski definition) is 5. The number of amides is 1. The first-order valence-corrected chi connectivity index (χ1v) is 6.71. The molecule has 0 unspecified atom stereocenters. The normalized spacial score (nSPS) is 10.3. The van der Waals surface area contributed by atoms with E-state index in [4.69, 9.17) is 4.74 Å². The average Bonchev–Trinajstić information content (AvgIpc) is 2.82. The second-order valence-electron chi connectivity index (χ2n) is 4.56. The van der Waals surface area contributed by atoms with E-state index >= 15 is 0 Å². The Balaban J connectivity index is 2.02. The number of carbonyl (C=O) groups excluding carboxylic acids is 1. The summed E-state index contributed by atoms with van der Waals surface area (Å²) >= 11 is 0. The molecule has 1 amide bonds. The fourth-order valence-electron chi connectivity index (χ4n) is 1.93. The van der Waals surface area contributed by atoms with E-state index in [1.165, 1.54) is 6.07 Å². The number of nitrogens with zero attached hydrogens (tertiary/aromatic N) is 3. The molecule has 0 saturated heterocycles. The largest absolute Gasteiger partial charge is 0.494 e. The van der Waals surface area contributed by atoms with Gasteiger partial charge in [-0.05, 0) is 43.0 Å². The molecule has 1 heterocycles. The van der Waals surface area contributed by atoms with Crippen LogP contribution in [0.4, 0.5) is 11.5 Å². The van der Waals surface area contributed by atoms with E-state index in [0.29, 0.717) is 23.7 Å².